The summed E-state index contributed by atoms with van der Waals surface area (Å²) in [4.78, 5) is 15.6. The zero-order valence-corrected chi connectivity index (χ0v) is 10.7. The Morgan fingerprint density at radius 2 is 1.80 bits per heavy atom. The smallest absolute Gasteiger partial charge is 0.239 e. The summed E-state index contributed by atoms with van der Waals surface area (Å²) in [6.07, 6.45) is 0.939. The predicted molar refractivity (Wildman–Crippen MR) is 63.6 cm³/mol. The van der Waals surface area contributed by atoms with Crippen LogP contribution in [-0.4, -0.2) is 56.0 Å². The highest BCUT2D eigenvalue weighted by atomic mass is 16.2. The molecule has 0 saturated heterocycles. The Hall–Kier alpha value is -0.610. The summed E-state index contributed by atoms with van der Waals surface area (Å²) in [5.74, 6) is 0.297. The SMILES string of the molecule is CC[C@H](C)[C@H](N)C(=O)N(C)CCN(C)C. The minimum Gasteiger partial charge on any atom is -0.343 e. The Kier molecular flexibility index (Phi) is 6.52. The number of nitrogens with zero attached hydrogens (tertiary/aromatic N) is 2. The maximum atomic E-state index is 11.8. The molecule has 4 nitrogen and oxygen atoms in total. The summed E-state index contributed by atoms with van der Waals surface area (Å²) >= 11 is 0. The van der Waals surface area contributed by atoms with Gasteiger partial charge < -0.3 is 15.5 Å². The number of rotatable bonds is 6. The summed E-state index contributed by atoms with van der Waals surface area (Å²) < 4.78 is 0. The van der Waals surface area contributed by atoms with E-state index in [1.54, 1.807) is 4.90 Å². The van der Waals surface area contributed by atoms with Crippen molar-refractivity contribution in [2.75, 3.05) is 34.2 Å². The van der Waals surface area contributed by atoms with Gasteiger partial charge in [0.15, 0.2) is 0 Å². The van der Waals surface area contributed by atoms with Crippen molar-refractivity contribution in [2.24, 2.45) is 11.7 Å². The second-order valence-electron chi connectivity index (χ2n) is 4.47. The molecule has 0 spiro atoms. The highest BCUT2D eigenvalue weighted by Gasteiger charge is 2.22. The minimum atomic E-state index is -0.359. The molecule has 0 fully saturated rings. The average molecular weight is 215 g/mol. The molecular formula is C11H25N3O. The summed E-state index contributed by atoms with van der Waals surface area (Å²) in [5, 5.41) is 0. The molecule has 0 aromatic rings. The van der Waals surface area contributed by atoms with Gasteiger partial charge in [-0.25, -0.2) is 0 Å². The minimum absolute atomic E-state index is 0.0474. The van der Waals surface area contributed by atoms with Gasteiger partial charge in [-0.15, -0.1) is 0 Å². The Labute approximate surface area is 93.4 Å². The molecule has 0 aromatic heterocycles. The van der Waals surface area contributed by atoms with Gasteiger partial charge in [-0.3, -0.25) is 4.79 Å². The molecule has 0 heterocycles. The summed E-state index contributed by atoms with van der Waals surface area (Å²) in [6, 6.07) is -0.359. The Morgan fingerprint density at radius 3 is 2.20 bits per heavy atom. The first-order valence-electron chi connectivity index (χ1n) is 5.55. The van der Waals surface area contributed by atoms with Crippen LogP contribution in [0.4, 0.5) is 0 Å². The van der Waals surface area contributed by atoms with Crippen LogP contribution in [0.5, 0.6) is 0 Å². The van der Waals surface area contributed by atoms with Crippen LogP contribution in [0, 0.1) is 5.92 Å². The molecule has 0 aliphatic heterocycles. The number of likely N-dealkylation sites (N-methyl/N-ethyl adjacent to an activating group) is 2. The second-order valence-corrected chi connectivity index (χ2v) is 4.47. The molecule has 15 heavy (non-hydrogen) atoms. The lowest BCUT2D eigenvalue weighted by Crippen LogP contribution is -2.47. The fourth-order valence-electron chi connectivity index (χ4n) is 1.21. The van der Waals surface area contributed by atoms with E-state index in [0.717, 1.165) is 19.5 Å². The van der Waals surface area contributed by atoms with Crippen LogP contribution < -0.4 is 5.73 Å². The van der Waals surface area contributed by atoms with Crippen molar-refractivity contribution in [3.05, 3.63) is 0 Å². The van der Waals surface area contributed by atoms with Gasteiger partial charge >= 0.3 is 0 Å². The van der Waals surface area contributed by atoms with Crippen molar-refractivity contribution in [3.63, 3.8) is 0 Å². The normalized spacial score (nSPS) is 15.1. The van der Waals surface area contributed by atoms with Crippen LogP contribution in [0.2, 0.25) is 0 Å². The zero-order valence-electron chi connectivity index (χ0n) is 10.7. The third-order valence-electron chi connectivity index (χ3n) is 2.80. The number of nitrogens with two attached hydrogens (primary N) is 1. The summed E-state index contributed by atoms with van der Waals surface area (Å²) in [5.41, 5.74) is 5.87. The first-order chi connectivity index (χ1) is 6.90. The van der Waals surface area contributed by atoms with Crippen molar-refractivity contribution in [1.82, 2.24) is 9.80 Å². The molecule has 0 unspecified atom stereocenters. The van der Waals surface area contributed by atoms with E-state index in [4.69, 9.17) is 5.73 Å². The monoisotopic (exact) mass is 215 g/mol. The molecular weight excluding hydrogens is 190 g/mol. The van der Waals surface area contributed by atoms with E-state index >= 15 is 0 Å². The molecule has 90 valence electrons. The molecule has 0 bridgehead atoms. The van der Waals surface area contributed by atoms with Crippen molar-refractivity contribution in [2.45, 2.75) is 26.3 Å². The zero-order chi connectivity index (χ0) is 12.0. The van der Waals surface area contributed by atoms with Crippen LogP contribution in [-0.2, 0) is 4.79 Å². The first kappa shape index (κ1) is 14.4. The van der Waals surface area contributed by atoms with Crippen LogP contribution >= 0.6 is 0 Å². The van der Waals surface area contributed by atoms with Crippen molar-refractivity contribution >= 4 is 5.91 Å². The molecule has 0 saturated carbocycles. The highest BCUT2D eigenvalue weighted by Crippen LogP contribution is 2.07. The number of carbonyl (C=O) groups is 1. The van der Waals surface area contributed by atoms with Gasteiger partial charge in [0.05, 0.1) is 6.04 Å². The summed E-state index contributed by atoms with van der Waals surface area (Å²) in [7, 11) is 5.80. The molecule has 0 aromatic carbocycles. The fraction of sp³-hybridized carbons (Fsp3) is 0.909. The number of carbonyl (C=O) groups excluding carboxylic acids is 1. The van der Waals surface area contributed by atoms with Crippen LogP contribution in [0.15, 0.2) is 0 Å². The molecule has 0 aliphatic rings. The van der Waals surface area contributed by atoms with E-state index in [1.165, 1.54) is 0 Å². The van der Waals surface area contributed by atoms with Crippen molar-refractivity contribution in [3.8, 4) is 0 Å². The Balaban J connectivity index is 4.07. The topological polar surface area (TPSA) is 49.6 Å². The number of amides is 1. The fourth-order valence-corrected chi connectivity index (χ4v) is 1.21. The van der Waals surface area contributed by atoms with E-state index in [1.807, 2.05) is 28.1 Å². The molecule has 2 atom stereocenters. The highest BCUT2D eigenvalue weighted by molar-refractivity contribution is 5.81. The van der Waals surface area contributed by atoms with E-state index in [2.05, 4.69) is 11.8 Å². The van der Waals surface area contributed by atoms with Gasteiger partial charge in [0.25, 0.3) is 0 Å². The van der Waals surface area contributed by atoms with Crippen LogP contribution in [0.1, 0.15) is 20.3 Å². The molecule has 0 rings (SSSR count). The van der Waals surface area contributed by atoms with Gasteiger partial charge in [0, 0.05) is 20.1 Å². The van der Waals surface area contributed by atoms with Crippen LogP contribution in [0.3, 0.4) is 0 Å². The van der Waals surface area contributed by atoms with Gasteiger partial charge in [-0.05, 0) is 20.0 Å². The quantitative estimate of drug-likeness (QED) is 0.697. The van der Waals surface area contributed by atoms with Crippen molar-refractivity contribution in [1.29, 1.82) is 0 Å². The molecule has 4 heteroatoms. The Morgan fingerprint density at radius 1 is 1.27 bits per heavy atom. The maximum absolute atomic E-state index is 11.8. The van der Waals surface area contributed by atoms with Gasteiger partial charge in [-0.2, -0.15) is 0 Å². The molecule has 0 aliphatic carbocycles. The second kappa shape index (κ2) is 6.80. The molecule has 2 N–H and O–H groups in total. The lowest BCUT2D eigenvalue weighted by atomic mass is 9.99. The van der Waals surface area contributed by atoms with E-state index in [-0.39, 0.29) is 17.9 Å². The molecule has 0 radical (unpaired) electrons. The number of hydrogen-bond donors (Lipinski definition) is 1. The van der Waals surface area contributed by atoms with E-state index in [9.17, 15) is 4.79 Å². The van der Waals surface area contributed by atoms with Crippen LogP contribution in [0.25, 0.3) is 0 Å². The summed E-state index contributed by atoms with van der Waals surface area (Å²) in [6.45, 7) is 5.67. The van der Waals surface area contributed by atoms with Gasteiger partial charge in [0.2, 0.25) is 5.91 Å². The van der Waals surface area contributed by atoms with E-state index in [0.29, 0.717) is 0 Å². The standard InChI is InChI=1S/C11H25N3O/c1-6-9(2)10(12)11(15)14(5)8-7-13(3)4/h9-10H,6-8,12H2,1-5H3/t9-,10-/m0/s1. The number of hydrogen-bond acceptors (Lipinski definition) is 3. The maximum Gasteiger partial charge on any atom is 0.239 e. The molecule has 1 amide bonds. The predicted octanol–water partition coefficient (Wildman–Crippen LogP) is 0.380. The van der Waals surface area contributed by atoms with E-state index < -0.39 is 0 Å². The van der Waals surface area contributed by atoms with Crippen molar-refractivity contribution < 1.29 is 4.79 Å². The average Bonchev–Trinajstić information content (AvgIpc) is 2.22. The lowest BCUT2D eigenvalue weighted by molar-refractivity contribution is -0.132. The largest absolute Gasteiger partial charge is 0.343 e. The third-order valence-corrected chi connectivity index (χ3v) is 2.80. The third kappa shape index (κ3) is 5.14. The first-order valence-corrected chi connectivity index (χ1v) is 5.55. The Bertz CT molecular complexity index is 194. The van der Waals surface area contributed by atoms with Gasteiger partial charge in [-0.1, -0.05) is 20.3 Å². The van der Waals surface area contributed by atoms with Gasteiger partial charge in [0.1, 0.15) is 0 Å². The lowest BCUT2D eigenvalue weighted by Gasteiger charge is -2.25.